The molecular formula is C20H24N4O3. The largest absolute Gasteiger partial charge is 0.494 e. The van der Waals surface area contributed by atoms with E-state index in [9.17, 15) is 4.79 Å². The topological polar surface area (TPSA) is 88.8 Å². The van der Waals surface area contributed by atoms with Gasteiger partial charge < -0.3 is 15.2 Å². The van der Waals surface area contributed by atoms with Crippen molar-refractivity contribution in [3.05, 3.63) is 59.5 Å². The predicted octanol–water partition coefficient (Wildman–Crippen LogP) is 2.54. The first kappa shape index (κ1) is 18.8. The molecule has 142 valence electrons. The maximum absolute atomic E-state index is 12.7. The fraction of sp³-hybridized carbons (Fsp3) is 0.350. The summed E-state index contributed by atoms with van der Waals surface area (Å²) in [6.45, 7) is 4.63. The SMILES string of the molecule is CCOc1ccc([C@@H](CC)NC(=O)c2cc3ncc(CCO)cn3n2)cc1. The Labute approximate surface area is 158 Å². The average Bonchev–Trinajstić information content (AvgIpc) is 3.11. The van der Waals surface area contributed by atoms with Crippen LogP contribution in [0.5, 0.6) is 5.75 Å². The second kappa shape index (κ2) is 8.64. The zero-order valence-corrected chi connectivity index (χ0v) is 15.6. The van der Waals surface area contributed by atoms with Gasteiger partial charge in [-0.3, -0.25) is 4.79 Å². The molecule has 1 amide bonds. The molecule has 1 atom stereocenters. The summed E-state index contributed by atoms with van der Waals surface area (Å²) in [6.07, 6.45) is 4.72. The van der Waals surface area contributed by atoms with E-state index in [1.807, 2.05) is 38.1 Å². The molecular weight excluding hydrogens is 344 g/mol. The molecule has 7 nitrogen and oxygen atoms in total. The molecule has 0 saturated heterocycles. The fourth-order valence-electron chi connectivity index (χ4n) is 2.90. The molecule has 0 aliphatic heterocycles. The van der Waals surface area contributed by atoms with Gasteiger partial charge in [0.25, 0.3) is 5.91 Å². The van der Waals surface area contributed by atoms with Gasteiger partial charge in [-0.2, -0.15) is 5.10 Å². The maximum atomic E-state index is 12.7. The van der Waals surface area contributed by atoms with E-state index in [2.05, 4.69) is 15.4 Å². The first-order valence-electron chi connectivity index (χ1n) is 9.13. The molecule has 2 heterocycles. The predicted molar refractivity (Wildman–Crippen MR) is 102 cm³/mol. The molecule has 0 unspecified atom stereocenters. The van der Waals surface area contributed by atoms with Crippen LogP contribution in [0.15, 0.2) is 42.7 Å². The minimum atomic E-state index is -0.245. The van der Waals surface area contributed by atoms with Crippen molar-refractivity contribution in [1.82, 2.24) is 19.9 Å². The summed E-state index contributed by atoms with van der Waals surface area (Å²) in [5.74, 6) is 0.567. The number of nitrogens with zero attached hydrogens (tertiary/aromatic N) is 3. The third kappa shape index (κ3) is 4.43. The molecule has 0 fully saturated rings. The average molecular weight is 368 g/mol. The number of carbonyl (C=O) groups is 1. The van der Waals surface area contributed by atoms with Crippen molar-refractivity contribution in [2.75, 3.05) is 13.2 Å². The number of hydrogen-bond donors (Lipinski definition) is 2. The van der Waals surface area contributed by atoms with Crippen molar-refractivity contribution in [3.8, 4) is 5.75 Å². The van der Waals surface area contributed by atoms with E-state index in [1.54, 1.807) is 23.0 Å². The standard InChI is InChI=1S/C20H24N4O3/c1-3-17(15-5-7-16(8-6-15)27-4-2)22-20(26)18-11-19-21-12-14(9-10-25)13-24(19)23-18/h5-8,11-13,17,25H,3-4,9-10H2,1-2H3,(H,22,26)/t17-/m1/s1. The van der Waals surface area contributed by atoms with Crippen LogP contribution in [-0.2, 0) is 6.42 Å². The lowest BCUT2D eigenvalue weighted by Crippen LogP contribution is -2.28. The second-order valence-corrected chi connectivity index (χ2v) is 6.20. The lowest BCUT2D eigenvalue weighted by atomic mass is 10.0. The van der Waals surface area contributed by atoms with Crippen molar-refractivity contribution in [3.63, 3.8) is 0 Å². The number of nitrogens with one attached hydrogen (secondary N) is 1. The van der Waals surface area contributed by atoms with E-state index in [1.165, 1.54) is 0 Å². The summed E-state index contributed by atoms with van der Waals surface area (Å²) in [7, 11) is 0. The van der Waals surface area contributed by atoms with Gasteiger partial charge in [0.05, 0.1) is 12.6 Å². The molecule has 0 aliphatic rings. The minimum Gasteiger partial charge on any atom is -0.494 e. The van der Waals surface area contributed by atoms with Crippen molar-refractivity contribution in [2.24, 2.45) is 0 Å². The smallest absolute Gasteiger partial charge is 0.272 e. The van der Waals surface area contributed by atoms with Crippen molar-refractivity contribution in [2.45, 2.75) is 32.7 Å². The number of aliphatic hydroxyl groups is 1. The van der Waals surface area contributed by atoms with Crippen LogP contribution in [0.1, 0.15) is 47.9 Å². The van der Waals surface area contributed by atoms with E-state index in [0.717, 1.165) is 23.3 Å². The molecule has 7 heteroatoms. The number of carbonyl (C=O) groups excluding carboxylic acids is 1. The highest BCUT2D eigenvalue weighted by molar-refractivity contribution is 5.93. The van der Waals surface area contributed by atoms with Gasteiger partial charge in [0.15, 0.2) is 11.3 Å². The minimum absolute atomic E-state index is 0.0437. The van der Waals surface area contributed by atoms with Crippen LogP contribution in [0, 0.1) is 0 Å². The number of rotatable bonds is 8. The summed E-state index contributed by atoms with van der Waals surface area (Å²) >= 11 is 0. The van der Waals surface area contributed by atoms with Gasteiger partial charge in [-0.05, 0) is 43.0 Å². The highest BCUT2D eigenvalue weighted by Crippen LogP contribution is 2.21. The van der Waals surface area contributed by atoms with Crippen LogP contribution < -0.4 is 10.1 Å². The molecule has 3 rings (SSSR count). The summed E-state index contributed by atoms with van der Waals surface area (Å²) in [5.41, 5.74) is 2.78. The van der Waals surface area contributed by atoms with E-state index in [4.69, 9.17) is 9.84 Å². The Morgan fingerprint density at radius 1 is 1.30 bits per heavy atom. The molecule has 0 saturated carbocycles. The Morgan fingerprint density at radius 3 is 2.74 bits per heavy atom. The van der Waals surface area contributed by atoms with E-state index < -0.39 is 0 Å². The van der Waals surface area contributed by atoms with Gasteiger partial charge >= 0.3 is 0 Å². The van der Waals surface area contributed by atoms with Crippen molar-refractivity contribution < 1.29 is 14.6 Å². The lowest BCUT2D eigenvalue weighted by molar-refractivity contribution is 0.0930. The maximum Gasteiger partial charge on any atom is 0.272 e. The first-order chi connectivity index (χ1) is 13.1. The molecule has 0 aliphatic carbocycles. The number of fused-ring (bicyclic) bond motifs is 1. The molecule has 3 aromatic rings. The van der Waals surface area contributed by atoms with Crippen LogP contribution in [0.2, 0.25) is 0 Å². The van der Waals surface area contributed by atoms with Crippen LogP contribution in [0.3, 0.4) is 0 Å². The van der Waals surface area contributed by atoms with E-state index in [0.29, 0.717) is 24.4 Å². The number of aliphatic hydroxyl groups excluding tert-OH is 1. The fourth-order valence-corrected chi connectivity index (χ4v) is 2.90. The molecule has 1 aromatic carbocycles. The Balaban J connectivity index is 1.75. The van der Waals surface area contributed by atoms with Crippen molar-refractivity contribution >= 4 is 11.6 Å². The van der Waals surface area contributed by atoms with Gasteiger partial charge in [-0.25, -0.2) is 9.50 Å². The Hall–Kier alpha value is -2.93. The van der Waals surface area contributed by atoms with Crippen LogP contribution in [-0.4, -0.2) is 38.8 Å². The number of amides is 1. The number of benzene rings is 1. The van der Waals surface area contributed by atoms with Gasteiger partial charge in [0, 0.05) is 25.1 Å². The lowest BCUT2D eigenvalue weighted by Gasteiger charge is -2.17. The van der Waals surface area contributed by atoms with Gasteiger partial charge in [-0.15, -0.1) is 0 Å². The molecule has 0 bridgehead atoms. The van der Waals surface area contributed by atoms with E-state index >= 15 is 0 Å². The molecule has 0 radical (unpaired) electrons. The highest BCUT2D eigenvalue weighted by Gasteiger charge is 2.17. The zero-order valence-electron chi connectivity index (χ0n) is 15.6. The summed E-state index contributed by atoms with van der Waals surface area (Å²) in [6, 6.07) is 9.28. The third-order valence-corrected chi connectivity index (χ3v) is 4.31. The monoisotopic (exact) mass is 368 g/mol. The van der Waals surface area contributed by atoms with Crippen LogP contribution in [0.4, 0.5) is 0 Å². The number of aromatic nitrogens is 3. The van der Waals surface area contributed by atoms with Gasteiger partial charge in [-0.1, -0.05) is 19.1 Å². The Morgan fingerprint density at radius 2 is 2.07 bits per heavy atom. The Kier molecular flexibility index (Phi) is 6.03. The molecule has 27 heavy (non-hydrogen) atoms. The molecule has 0 spiro atoms. The summed E-state index contributed by atoms with van der Waals surface area (Å²) in [4.78, 5) is 16.9. The zero-order chi connectivity index (χ0) is 19.2. The van der Waals surface area contributed by atoms with Gasteiger partial charge in [0.2, 0.25) is 0 Å². The Bertz CT molecular complexity index is 905. The normalized spacial score (nSPS) is 12.1. The van der Waals surface area contributed by atoms with E-state index in [-0.39, 0.29) is 18.6 Å². The summed E-state index contributed by atoms with van der Waals surface area (Å²) < 4.78 is 7.03. The highest BCUT2D eigenvalue weighted by atomic mass is 16.5. The molecule has 2 N–H and O–H groups in total. The van der Waals surface area contributed by atoms with Crippen molar-refractivity contribution in [1.29, 1.82) is 0 Å². The molecule has 2 aromatic heterocycles. The summed E-state index contributed by atoms with van der Waals surface area (Å²) in [5, 5.41) is 16.4. The second-order valence-electron chi connectivity index (χ2n) is 6.20. The van der Waals surface area contributed by atoms with Crippen LogP contribution >= 0.6 is 0 Å². The van der Waals surface area contributed by atoms with Crippen LogP contribution in [0.25, 0.3) is 5.65 Å². The first-order valence-corrected chi connectivity index (χ1v) is 9.13. The third-order valence-electron chi connectivity index (χ3n) is 4.31. The number of ether oxygens (including phenoxy) is 1. The number of hydrogen-bond acceptors (Lipinski definition) is 5. The van der Waals surface area contributed by atoms with Gasteiger partial charge in [0.1, 0.15) is 5.75 Å². The quantitative estimate of drug-likeness (QED) is 0.638.